The predicted molar refractivity (Wildman–Crippen MR) is 74.8 cm³/mol. The number of nitrogens with one attached hydrogen (secondary N) is 1. The predicted octanol–water partition coefficient (Wildman–Crippen LogP) is 3.36. The van der Waals surface area contributed by atoms with Gasteiger partial charge in [-0.25, -0.2) is 9.37 Å². The second-order valence-electron chi connectivity index (χ2n) is 4.12. The normalized spacial score (nSPS) is 10.6. The Balaban J connectivity index is 1.85. The van der Waals surface area contributed by atoms with Crippen LogP contribution in [-0.2, 0) is 13.2 Å². The lowest BCUT2D eigenvalue weighted by molar-refractivity contribution is 0.290. The number of rotatable bonds is 7. The minimum absolute atomic E-state index is 0.267. The number of benzene rings is 1. The number of thiazole rings is 1. The molecule has 102 valence electrons. The highest BCUT2D eigenvalue weighted by atomic mass is 32.1. The molecule has 0 unspecified atom stereocenters. The van der Waals surface area contributed by atoms with Crippen molar-refractivity contribution in [2.24, 2.45) is 0 Å². The highest BCUT2D eigenvalue weighted by Gasteiger charge is 2.05. The summed E-state index contributed by atoms with van der Waals surface area (Å²) in [6.45, 7) is 4.26. The SMILES string of the molecule is CCCNCc1cnc(COc2ccccc2F)s1. The molecule has 0 saturated carbocycles. The van der Waals surface area contributed by atoms with E-state index >= 15 is 0 Å². The number of para-hydroxylation sites is 1. The summed E-state index contributed by atoms with van der Waals surface area (Å²) in [6, 6.07) is 6.40. The van der Waals surface area contributed by atoms with Gasteiger partial charge in [0.1, 0.15) is 11.6 Å². The van der Waals surface area contributed by atoms with Crippen molar-refractivity contribution in [2.75, 3.05) is 6.54 Å². The fourth-order valence-corrected chi connectivity index (χ4v) is 2.39. The third-order valence-electron chi connectivity index (χ3n) is 2.52. The van der Waals surface area contributed by atoms with E-state index in [1.807, 2.05) is 6.20 Å². The first-order valence-electron chi connectivity index (χ1n) is 6.31. The summed E-state index contributed by atoms with van der Waals surface area (Å²) >= 11 is 1.59. The van der Waals surface area contributed by atoms with Crippen molar-refractivity contribution in [3.05, 3.63) is 46.2 Å². The molecular weight excluding hydrogens is 263 g/mol. The van der Waals surface area contributed by atoms with Crippen LogP contribution in [-0.4, -0.2) is 11.5 Å². The van der Waals surface area contributed by atoms with Gasteiger partial charge in [0.25, 0.3) is 0 Å². The van der Waals surface area contributed by atoms with E-state index in [1.165, 1.54) is 10.9 Å². The minimum atomic E-state index is -0.344. The van der Waals surface area contributed by atoms with Gasteiger partial charge in [0.05, 0.1) is 0 Å². The molecule has 0 aliphatic heterocycles. The first-order chi connectivity index (χ1) is 9.29. The van der Waals surface area contributed by atoms with E-state index < -0.39 is 0 Å². The Morgan fingerprint density at radius 3 is 3.00 bits per heavy atom. The minimum Gasteiger partial charge on any atom is -0.483 e. The molecule has 1 N–H and O–H groups in total. The number of aromatic nitrogens is 1. The monoisotopic (exact) mass is 280 g/mol. The molecule has 0 radical (unpaired) electrons. The van der Waals surface area contributed by atoms with Crippen molar-refractivity contribution in [1.82, 2.24) is 10.3 Å². The lowest BCUT2D eigenvalue weighted by Gasteiger charge is -2.04. The van der Waals surface area contributed by atoms with Crippen LogP contribution in [0.4, 0.5) is 4.39 Å². The molecule has 0 aliphatic rings. The van der Waals surface area contributed by atoms with E-state index in [0.29, 0.717) is 6.61 Å². The fraction of sp³-hybridized carbons (Fsp3) is 0.357. The van der Waals surface area contributed by atoms with Crippen LogP contribution in [0.1, 0.15) is 23.2 Å². The van der Waals surface area contributed by atoms with Crippen molar-refractivity contribution in [2.45, 2.75) is 26.5 Å². The van der Waals surface area contributed by atoms with Gasteiger partial charge in [-0.15, -0.1) is 11.3 Å². The summed E-state index contributed by atoms with van der Waals surface area (Å²) in [5.41, 5.74) is 0. The maximum Gasteiger partial charge on any atom is 0.165 e. The maximum atomic E-state index is 13.4. The van der Waals surface area contributed by atoms with Gasteiger partial charge in [-0.3, -0.25) is 0 Å². The summed E-state index contributed by atoms with van der Waals surface area (Å²) < 4.78 is 18.8. The third-order valence-corrected chi connectivity index (χ3v) is 3.49. The van der Waals surface area contributed by atoms with Crippen molar-refractivity contribution >= 4 is 11.3 Å². The summed E-state index contributed by atoms with van der Waals surface area (Å²) in [4.78, 5) is 5.44. The Hall–Kier alpha value is -1.46. The number of hydrogen-bond acceptors (Lipinski definition) is 4. The highest BCUT2D eigenvalue weighted by molar-refractivity contribution is 7.11. The maximum absolute atomic E-state index is 13.4. The van der Waals surface area contributed by atoms with Gasteiger partial charge >= 0.3 is 0 Å². The molecule has 2 aromatic rings. The molecule has 2 rings (SSSR count). The Labute approximate surface area is 116 Å². The molecule has 0 fully saturated rings. The number of nitrogens with zero attached hydrogens (tertiary/aromatic N) is 1. The lowest BCUT2D eigenvalue weighted by atomic mass is 10.3. The Kier molecular flexibility index (Phi) is 5.30. The van der Waals surface area contributed by atoms with Gasteiger partial charge < -0.3 is 10.1 Å². The van der Waals surface area contributed by atoms with Gasteiger partial charge in [-0.05, 0) is 25.1 Å². The van der Waals surface area contributed by atoms with Crippen LogP contribution in [0, 0.1) is 5.82 Å². The summed E-state index contributed by atoms with van der Waals surface area (Å²) in [5, 5.41) is 4.18. The van der Waals surface area contributed by atoms with Gasteiger partial charge in [-0.1, -0.05) is 19.1 Å². The number of ether oxygens (including phenoxy) is 1. The van der Waals surface area contributed by atoms with Crippen molar-refractivity contribution in [3.8, 4) is 5.75 Å². The molecule has 0 saturated heterocycles. The lowest BCUT2D eigenvalue weighted by Crippen LogP contribution is -2.12. The standard InChI is InChI=1S/C14H17FN2OS/c1-2-7-16-8-11-9-17-14(19-11)10-18-13-6-4-3-5-12(13)15/h3-6,9,16H,2,7-8,10H2,1H3. The molecule has 0 bridgehead atoms. The topological polar surface area (TPSA) is 34.2 Å². The van der Waals surface area contributed by atoms with Gasteiger partial charge in [0.15, 0.2) is 11.6 Å². The van der Waals surface area contributed by atoms with E-state index in [1.54, 1.807) is 29.5 Å². The van der Waals surface area contributed by atoms with Crippen LogP contribution in [0.3, 0.4) is 0 Å². The summed E-state index contributed by atoms with van der Waals surface area (Å²) in [7, 11) is 0. The van der Waals surface area contributed by atoms with E-state index in [-0.39, 0.29) is 11.6 Å². The van der Waals surface area contributed by atoms with Crippen LogP contribution >= 0.6 is 11.3 Å². The van der Waals surface area contributed by atoms with Gasteiger partial charge in [0.2, 0.25) is 0 Å². The van der Waals surface area contributed by atoms with Crippen LogP contribution in [0.15, 0.2) is 30.5 Å². The zero-order valence-electron chi connectivity index (χ0n) is 10.9. The molecule has 0 atom stereocenters. The van der Waals surface area contributed by atoms with E-state index in [4.69, 9.17) is 4.74 Å². The van der Waals surface area contributed by atoms with Crippen molar-refractivity contribution in [1.29, 1.82) is 0 Å². The third kappa shape index (κ3) is 4.29. The fourth-order valence-electron chi connectivity index (χ4n) is 1.59. The summed E-state index contributed by atoms with van der Waals surface area (Å²) in [5.74, 6) is -0.0766. The van der Waals surface area contributed by atoms with Crippen LogP contribution in [0.2, 0.25) is 0 Å². The largest absolute Gasteiger partial charge is 0.483 e. The molecule has 1 aromatic carbocycles. The van der Waals surface area contributed by atoms with E-state index in [9.17, 15) is 4.39 Å². The zero-order valence-corrected chi connectivity index (χ0v) is 11.7. The number of hydrogen-bond donors (Lipinski definition) is 1. The summed E-state index contributed by atoms with van der Waals surface area (Å²) in [6.07, 6.45) is 2.95. The molecule has 0 aliphatic carbocycles. The van der Waals surface area contributed by atoms with Gasteiger partial charge in [0, 0.05) is 17.6 Å². The molecule has 19 heavy (non-hydrogen) atoms. The molecule has 5 heteroatoms. The quantitative estimate of drug-likeness (QED) is 0.790. The zero-order chi connectivity index (χ0) is 13.5. The van der Waals surface area contributed by atoms with Crippen LogP contribution in [0.25, 0.3) is 0 Å². The molecule has 1 heterocycles. The molecular formula is C14H17FN2OS. The highest BCUT2D eigenvalue weighted by Crippen LogP contribution is 2.19. The van der Waals surface area contributed by atoms with Gasteiger partial charge in [-0.2, -0.15) is 0 Å². The van der Waals surface area contributed by atoms with E-state index in [2.05, 4.69) is 17.2 Å². The molecule has 0 spiro atoms. The average Bonchev–Trinajstić information content (AvgIpc) is 2.86. The van der Waals surface area contributed by atoms with Crippen molar-refractivity contribution in [3.63, 3.8) is 0 Å². The average molecular weight is 280 g/mol. The first-order valence-corrected chi connectivity index (χ1v) is 7.13. The second-order valence-corrected chi connectivity index (χ2v) is 5.32. The smallest absolute Gasteiger partial charge is 0.165 e. The van der Waals surface area contributed by atoms with Crippen LogP contribution < -0.4 is 10.1 Å². The first kappa shape index (κ1) is 14.0. The molecule has 1 aromatic heterocycles. The van der Waals surface area contributed by atoms with E-state index in [0.717, 1.165) is 24.5 Å². The van der Waals surface area contributed by atoms with Crippen LogP contribution in [0.5, 0.6) is 5.75 Å². The second kappa shape index (κ2) is 7.21. The number of halogens is 1. The Morgan fingerprint density at radius 2 is 2.21 bits per heavy atom. The van der Waals surface area contributed by atoms with Crippen molar-refractivity contribution < 1.29 is 9.13 Å². The molecule has 0 amide bonds. The Morgan fingerprint density at radius 1 is 1.37 bits per heavy atom. The molecule has 3 nitrogen and oxygen atoms in total. The Bertz CT molecular complexity index is 516.